The van der Waals surface area contributed by atoms with Gasteiger partial charge in [0.1, 0.15) is 5.82 Å². The van der Waals surface area contributed by atoms with Crippen LogP contribution in [0.5, 0.6) is 0 Å². The molecule has 2 rings (SSSR count). The van der Waals surface area contributed by atoms with Crippen LogP contribution in [0.2, 0.25) is 0 Å². The summed E-state index contributed by atoms with van der Waals surface area (Å²) in [5.41, 5.74) is 1.52. The van der Waals surface area contributed by atoms with Crippen LogP contribution in [-0.2, 0) is 6.42 Å². The zero-order valence-electron chi connectivity index (χ0n) is 9.98. The highest BCUT2D eigenvalue weighted by Crippen LogP contribution is 2.21. The number of hydrogen-bond acceptors (Lipinski definition) is 4. The fourth-order valence-corrected chi connectivity index (χ4v) is 1.66. The van der Waals surface area contributed by atoms with Crippen LogP contribution in [0, 0.1) is 24.1 Å². The van der Waals surface area contributed by atoms with Gasteiger partial charge in [-0.1, -0.05) is 5.16 Å². The minimum Gasteiger partial charge on any atom is -0.339 e. The second-order valence-corrected chi connectivity index (χ2v) is 3.98. The van der Waals surface area contributed by atoms with Crippen molar-refractivity contribution in [2.75, 3.05) is 0 Å². The van der Waals surface area contributed by atoms with E-state index in [1.165, 1.54) is 12.1 Å². The largest absolute Gasteiger partial charge is 0.339 e. The van der Waals surface area contributed by atoms with Crippen molar-refractivity contribution in [1.82, 2.24) is 10.1 Å². The maximum absolute atomic E-state index is 13.0. The van der Waals surface area contributed by atoms with E-state index in [1.54, 1.807) is 13.0 Å². The third-order valence-electron chi connectivity index (χ3n) is 2.58. The van der Waals surface area contributed by atoms with Crippen LogP contribution in [0.4, 0.5) is 4.39 Å². The molecule has 0 aliphatic heterocycles. The molecule has 5 heteroatoms. The Kier molecular flexibility index (Phi) is 3.68. The minimum atomic E-state index is -0.283. The summed E-state index contributed by atoms with van der Waals surface area (Å²) in [6.45, 7) is 1.80. The molecule has 0 radical (unpaired) electrons. The van der Waals surface area contributed by atoms with Crippen LogP contribution in [0.25, 0.3) is 11.4 Å². The maximum Gasteiger partial charge on any atom is 0.226 e. The van der Waals surface area contributed by atoms with Crippen LogP contribution >= 0.6 is 0 Å². The lowest BCUT2D eigenvalue weighted by molar-refractivity contribution is 0.376. The Morgan fingerprint density at radius 3 is 3.00 bits per heavy atom. The Morgan fingerprint density at radius 1 is 1.44 bits per heavy atom. The SMILES string of the molecule is Cc1cc(F)ccc1-c1noc(CCCC#N)n1. The number of aryl methyl sites for hydroxylation is 2. The minimum absolute atomic E-state index is 0.283. The van der Waals surface area contributed by atoms with Crippen LogP contribution in [0.15, 0.2) is 22.7 Å². The highest BCUT2D eigenvalue weighted by molar-refractivity contribution is 5.59. The molecule has 0 atom stereocenters. The molecule has 0 fully saturated rings. The highest BCUT2D eigenvalue weighted by atomic mass is 19.1. The highest BCUT2D eigenvalue weighted by Gasteiger charge is 2.11. The number of rotatable bonds is 4. The van der Waals surface area contributed by atoms with Gasteiger partial charge in [0, 0.05) is 18.4 Å². The first-order chi connectivity index (χ1) is 8.70. The van der Waals surface area contributed by atoms with Crippen molar-refractivity contribution in [3.63, 3.8) is 0 Å². The molecule has 0 N–H and O–H groups in total. The molecule has 0 aliphatic carbocycles. The lowest BCUT2D eigenvalue weighted by Gasteiger charge is -1.99. The summed E-state index contributed by atoms with van der Waals surface area (Å²) in [6, 6.07) is 6.49. The van der Waals surface area contributed by atoms with Gasteiger partial charge >= 0.3 is 0 Å². The average molecular weight is 245 g/mol. The van der Waals surface area contributed by atoms with E-state index in [0.29, 0.717) is 31.0 Å². The van der Waals surface area contributed by atoms with Gasteiger partial charge in [-0.05, 0) is 37.1 Å². The summed E-state index contributed by atoms with van der Waals surface area (Å²) in [5, 5.41) is 12.3. The number of unbranched alkanes of at least 4 members (excludes halogenated alkanes) is 1. The Balaban J connectivity index is 2.16. The van der Waals surface area contributed by atoms with Crippen molar-refractivity contribution in [3.8, 4) is 17.5 Å². The molecule has 0 amide bonds. The Hall–Kier alpha value is -2.22. The van der Waals surface area contributed by atoms with Crippen LogP contribution in [-0.4, -0.2) is 10.1 Å². The molecular formula is C13H12FN3O. The maximum atomic E-state index is 13.0. The van der Waals surface area contributed by atoms with Gasteiger partial charge in [0.05, 0.1) is 6.07 Å². The number of nitriles is 1. The van der Waals surface area contributed by atoms with Gasteiger partial charge < -0.3 is 4.52 Å². The van der Waals surface area contributed by atoms with E-state index in [9.17, 15) is 4.39 Å². The van der Waals surface area contributed by atoms with Crippen LogP contribution in [0.3, 0.4) is 0 Å². The smallest absolute Gasteiger partial charge is 0.226 e. The molecule has 92 valence electrons. The zero-order chi connectivity index (χ0) is 13.0. The first-order valence-electron chi connectivity index (χ1n) is 5.67. The molecule has 1 aromatic heterocycles. The fourth-order valence-electron chi connectivity index (χ4n) is 1.66. The topological polar surface area (TPSA) is 62.7 Å². The third kappa shape index (κ3) is 2.72. The van der Waals surface area contributed by atoms with Crippen molar-refractivity contribution in [1.29, 1.82) is 5.26 Å². The predicted octanol–water partition coefficient (Wildman–Crippen LogP) is 3.03. The molecule has 4 nitrogen and oxygen atoms in total. The van der Waals surface area contributed by atoms with E-state index in [4.69, 9.17) is 9.78 Å². The normalized spacial score (nSPS) is 10.3. The number of hydrogen-bond donors (Lipinski definition) is 0. The van der Waals surface area contributed by atoms with Gasteiger partial charge in [0.25, 0.3) is 0 Å². The second kappa shape index (κ2) is 5.41. The summed E-state index contributed by atoms with van der Waals surface area (Å²) in [4.78, 5) is 4.23. The van der Waals surface area contributed by atoms with Gasteiger partial charge in [0.2, 0.25) is 11.7 Å². The molecule has 1 heterocycles. The first-order valence-corrected chi connectivity index (χ1v) is 5.67. The van der Waals surface area contributed by atoms with Gasteiger partial charge in [-0.15, -0.1) is 0 Å². The van der Waals surface area contributed by atoms with Crippen molar-refractivity contribution in [2.45, 2.75) is 26.2 Å². The molecule has 0 saturated heterocycles. The van der Waals surface area contributed by atoms with Crippen LogP contribution < -0.4 is 0 Å². The number of benzene rings is 1. The summed E-state index contributed by atoms with van der Waals surface area (Å²) < 4.78 is 18.1. The van der Waals surface area contributed by atoms with Crippen molar-refractivity contribution < 1.29 is 8.91 Å². The van der Waals surface area contributed by atoms with E-state index in [1.807, 2.05) is 0 Å². The summed E-state index contributed by atoms with van der Waals surface area (Å²) in [7, 11) is 0. The molecule has 0 spiro atoms. The monoisotopic (exact) mass is 245 g/mol. The molecular weight excluding hydrogens is 233 g/mol. The quantitative estimate of drug-likeness (QED) is 0.777. The van der Waals surface area contributed by atoms with Gasteiger partial charge in [0.15, 0.2) is 0 Å². The lowest BCUT2D eigenvalue weighted by atomic mass is 10.1. The van der Waals surface area contributed by atoms with Crippen molar-refractivity contribution >= 4 is 0 Å². The van der Waals surface area contributed by atoms with Crippen molar-refractivity contribution in [2.24, 2.45) is 0 Å². The van der Waals surface area contributed by atoms with E-state index < -0.39 is 0 Å². The zero-order valence-corrected chi connectivity index (χ0v) is 9.98. The average Bonchev–Trinajstić information content (AvgIpc) is 2.78. The number of aromatic nitrogens is 2. The van der Waals surface area contributed by atoms with Gasteiger partial charge in [-0.3, -0.25) is 0 Å². The number of halogens is 1. The second-order valence-electron chi connectivity index (χ2n) is 3.98. The summed E-state index contributed by atoms with van der Waals surface area (Å²) in [5.74, 6) is 0.678. The van der Waals surface area contributed by atoms with E-state index >= 15 is 0 Å². The molecule has 18 heavy (non-hydrogen) atoms. The van der Waals surface area contributed by atoms with E-state index in [0.717, 1.165) is 11.1 Å². The third-order valence-corrected chi connectivity index (χ3v) is 2.58. The molecule has 0 bridgehead atoms. The summed E-state index contributed by atoms with van der Waals surface area (Å²) in [6.07, 6.45) is 1.74. The van der Waals surface area contributed by atoms with Gasteiger partial charge in [-0.2, -0.15) is 10.2 Å². The van der Waals surface area contributed by atoms with Gasteiger partial charge in [-0.25, -0.2) is 4.39 Å². The Bertz CT molecular complexity index is 586. The van der Waals surface area contributed by atoms with Crippen molar-refractivity contribution in [3.05, 3.63) is 35.5 Å². The van der Waals surface area contributed by atoms with E-state index in [2.05, 4.69) is 16.2 Å². The first kappa shape index (κ1) is 12.2. The Labute approximate surface area is 104 Å². The lowest BCUT2D eigenvalue weighted by Crippen LogP contribution is -1.88. The molecule has 0 saturated carbocycles. The molecule has 0 aliphatic rings. The molecule has 1 aromatic carbocycles. The summed E-state index contributed by atoms with van der Waals surface area (Å²) >= 11 is 0. The predicted molar refractivity (Wildman–Crippen MR) is 63.0 cm³/mol. The Morgan fingerprint density at radius 2 is 2.28 bits per heavy atom. The fraction of sp³-hybridized carbons (Fsp3) is 0.308. The number of nitrogens with zero attached hydrogens (tertiary/aromatic N) is 3. The molecule has 0 unspecified atom stereocenters. The standard InChI is InChI=1S/C13H12FN3O/c1-9-8-10(14)5-6-11(9)13-16-12(18-17-13)4-2-3-7-15/h5-6,8H,2-4H2,1H3. The van der Waals surface area contributed by atoms with Crippen LogP contribution in [0.1, 0.15) is 24.3 Å². The van der Waals surface area contributed by atoms with E-state index in [-0.39, 0.29) is 5.82 Å². The molecule has 2 aromatic rings.